The van der Waals surface area contributed by atoms with Crippen molar-refractivity contribution < 1.29 is 22.7 Å². The molecule has 0 bridgehead atoms. The molecule has 3 nitrogen and oxygen atoms in total. The first-order valence-electron chi connectivity index (χ1n) is 4.65. The number of halogens is 2. The first-order chi connectivity index (χ1) is 6.76. The highest BCUT2D eigenvalue weighted by Gasteiger charge is 2.23. The van der Waals surface area contributed by atoms with Crippen molar-refractivity contribution in [1.82, 2.24) is 0 Å². The van der Waals surface area contributed by atoms with Crippen LogP contribution in [0.2, 0.25) is 19.6 Å². The van der Waals surface area contributed by atoms with E-state index >= 15 is 0 Å². The molecule has 15 heavy (non-hydrogen) atoms. The summed E-state index contributed by atoms with van der Waals surface area (Å²) in [6.45, 7) is 7.09. The predicted octanol–water partition coefficient (Wildman–Crippen LogP) is 2.90. The fraction of sp³-hybridized carbons (Fsp3) is 0.667. The molecule has 0 amide bonds. The summed E-state index contributed by atoms with van der Waals surface area (Å²) in [5.74, 6) is -1.26. The molecule has 0 heterocycles. The Morgan fingerprint density at radius 2 is 1.80 bits per heavy atom. The maximum absolute atomic E-state index is 12.4. The van der Waals surface area contributed by atoms with Gasteiger partial charge in [0.1, 0.15) is 6.42 Å². The summed E-state index contributed by atoms with van der Waals surface area (Å²) >= 11 is 0. The van der Waals surface area contributed by atoms with Gasteiger partial charge >= 0.3 is 12.0 Å². The van der Waals surface area contributed by atoms with Gasteiger partial charge in [0.05, 0.1) is 6.61 Å². The van der Waals surface area contributed by atoms with Gasteiger partial charge < -0.3 is 9.16 Å². The number of hydrogen-bond donors (Lipinski definition) is 0. The average Bonchev–Trinajstić information content (AvgIpc) is 2.00. The standard InChI is InChI=1S/C9H16F2O3Si/c1-5-13-8(12)6-7(9(10)11)14-15(2,3)4/h5-6H2,1-4H3. The molecule has 0 aromatic carbocycles. The molecule has 0 unspecified atom stereocenters. The number of carbonyl (C=O) groups is 1. The smallest absolute Gasteiger partial charge is 0.313 e. The summed E-state index contributed by atoms with van der Waals surface area (Å²) in [5.41, 5.74) is 0. The van der Waals surface area contributed by atoms with Gasteiger partial charge in [0.25, 0.3) is 0 Å². The largest absolute Gasteiger partial charge is 0.543 e. The zero-order valence-electron chi connectivity index (χ0n) is 9.39. The third-order valence-electron chi connectivity index (χ3n) is 1.25. The molecule has 0 atom stereocenters. The van der Waals surface area contributed by atoms with Crippen molar-refractivity contribution in [2.45, 2.75) is 33.0 Å². The fourth-order valence-electron chi connectivity index (χ4n) is 0.854. The van der Waals surface area contributed by atoms with E-state index in [1.54, 1.807) is 26.6 Å². The number of ether oxygens (including phenoxy) is 1. The second-order valence-electron chi connectivity index (χ2n) is 3.88. The summed E-state index contributed by atoms with van der Waals surface area (Å²) < 4.78 is 34.4. The van der Waals surface area contributed by atoms with Crippen molar-refractivity contribution in [3.05, 3.63) is 11.8 Å². The lowest BCUT2D eigenvalue weighted by Crippen LogP contribution is -2.26. The lowest BCUT2D eigenvalue weighted by Gasteiger charge is -2.20. The van der Waals surface area contributed by atoms with Crippen LogP contribution in [0, 0.1) is 0 Å². The normalized spacial score (nSPS) is 10.8. The molecule has 0 aliphatic heterocycles. The van der Waals surface area contributed by atoms with Crippen LogP contribution in [0.5, 0.6) is 0 Å². The Morgan fingerprint density at radius 3 is 2.13 bits per heavy atom. The van der Waals surface area contributed by atoms with Crippen LogP contribution in [0.15, 0.2) is 11.8 Å². The van der Waals surface area contributed by atoms with Crippen LogP contribution in [0.25, 0.3) is 0 Å². The fourth-order valence-corrected chi connectivity index (χ4v) is 1.74. The minimum Gasteiger partial charge on any atom is -0.543 e. The van der Waals surface area contributed by atoms with E-state index in [1.165, 1.54) is 0 Å². The predicted molar refractivity (Wildman–Crippen MR) is 54.9 cm³/mol. The number of hydrogen-bond acceptors (Lipinski definition) is 3. The SMILES string of the molecule is CCOC(=O)CC(O[Si](C)(C)C)=C(F)F. The second kappa shape index (κ2) is 5.84. The molecular weight excluding hydrogens is 222 g/mol. The van der Waals surface area contributed by atoms with Crippen LogP contribution in [0.1, 0.15) is 13.3 Å². The van der Waals surface area contributed by atoms with Crippen LogP contribution in [-0.2, 0) is 14.0 Å². The molecule has 0 spiro atoms. The van der Waals surface area contributed by atoms with Crippen molar-refractivity contribution in [2.75, 3.05) is 6.61 Å². The minimum absolute atomic E-state index is 0.174. The Kier molecular flexibility index (Phi) is 5.49. The molecule has 0 saturated heterocycles. The highest BCUT2D eigenvalue weighted by Crippen LogP contribution is 2.19. The third kappa shape index (κ3) is 7.07. The van der Waals surface area contributed by atoms with E-state index in [2.05, 4.69) is 4.74 Å². The maximum Gasteiger partial charge on any atom is 0.313 e. The molecule has 0 N–H and O–H groups in total. The van der Waals surface area contributed by atoms with Crippen LogP contribution in [0.4, 0.5) is 8.78 Å². The van der Waals surface area contributed by atoms with Gasteiger partial charge in [-0.15, -0.1) is 0 Å². The van der Waals surface area contributed by atoms with Gasteiger partial charge in [0, 0.05) is 0 Å². The molecule has 88 valence electrons. The zero-order valence-corrected chi connectivity index (χ0v) is 10.4. The van der Waals surface area contributed by atoms with Crippen molar-refractivity contribution in [3.63, 3.8) is 0 Å². The van der Waals surface area contributed by atoms with E-state index in [-0.39, 0.29) is 6.61 Å². The Hall–Kier alpha value is -0.913. The Labute approximate surface area is 89.2 Å². The molecule has 0 fully saturated rings. The molecule has 0 aromatic heterocycles. The van der Waals surface area contributed by atoms with Crippen LogP contribution < -0.4 is 0 Å². The monoisotopic (exact) mass is 238 g/mol. The van der Waals surface area contributed by atoms with Gasteiger partial charge in [-0.2, -0.15) is 8.78 Å². The first kappa shape index (κ1) is 14.1. The van der Waals surface area contributed by atoms with Crippen LogP contribution in [0.3, 0.4) is 0 Å². The van der Waals surface area contributed by atoms with Gasteiger partial charge in [0.15, 0.2) is 5.76 Å². The Balaban J connectivity index is 4.46. The zero-order chi connectivity index (χ0) is 12.1. The van der Waals surface area contributed by atoms with Gasteiger partial charge in [0.2, 0.25) is 8.32 Å². The molecule has 0 aliphatic rings. The van der Waals surface area contributed by atoms with Crippen molar-refractivity contribution in [2.24, 2.45) is 0 Å². The Bertz CT molecular complexity index is 255. The van der Waals surface area contributed by atoms with E-state index in [4.69, 9.17) is 4.43 Å². The van der Waals surface area contributed by atoms with E-state index < -0.39 is 32.5 Å². The van der Waals surface area contributed by atoms with Gasteiger partial charge in [-0.1, -0.05) is 0 Å². The van der Waals surface area contributed by atoms with E-state index in [9.17, 15) is 13.6 Å². The molecular formula is C9H16F2O3Si. The van der Waals surface area contributed by atoms with E-state index in [0.717, 1.165) is 0 Å². The summed E-state index contributed by atoms with van der Waals surface area (Å²) in [6, 6.07) is 0. The quantitative estimate of drug-likeness (QED) is 0.419. The van der Waals surface area contributed by atoms with Gasteiger partial charge in [-0.3, -0.25) is 4.79 Å². The molecule has 0 aliphatic carbocycles. The molecule has 0 aromatic rings. The minimum atomic E-state index is -2.12. The van der Waals surface area contributed by atoms with Crippen molar-refractivity contribution in [3.8, 4) is 0 Å². The lowest BCUT2D eigenvalue weighted by atomic mass is 10.4. The van der Waals surface area contributed by atoms with Crippen molar-refractivity contribution >= 4 is 14.3 Å². The Morgan fingerprint density at radius 1 is 1.27 bits per heavy atom. The lowest BCUT2D eigenvalue weighted by molar-refractivity contribution is -0.142. The summed E-state index contributed by atoms with van der Waals surface area (Å²) in [4.78, 5) is 11.0. The molecule has 0 rings (SSSR count). The van der Waals surface area contributed by atoms with E-state index in [1.807, 2.05) is 0 Å². The van der Waals surface area contributed by atoms with Crippen LogP contribution in [-0.4, -0.2) is 20.9 Å². The van der Waals surface area contributed by atoms with Gasteiger partial charge in [-0.25, -0.2) is 0 Å². The molecule has 6 heteroatoms. The summed E-state index contributed by atoms with van der Waals surface area (Å²) in [5, 5.41) is 0. The first-order valence-corrected chi connectivity index (χ1v) is 8.06. The molecule has 0 saturated carbocycles. The van der Waals surface area contributed by atoms with Crippen molar-refractivity contribution in [1.29, 1.82) is 0 Å². The second-order valence-corrected chi connectivity index (χ2v) is 8.31. The highest BCUT2D eigenvalue weighted by molar-refractivity contribution is 6.70. The third-order valence-corrected chi connectivity index (χ3v) is 2.11. The van der Waals surface area contributed by atoms with Crippen LogP contribution >= 0.6 is 0 Å². The number of carbonyl (C=O) groups excluding carboxylic acids is 1. The summed E-state index contributed by atoms with van der Waals surface area (Å²) in [6.07, 6.45) is -2.45. The average molecular weight is 238 g/mol. The van der Waals surface area contributed by atoms with E-state index in [0.29, 0.717) is 0 Å². The maximum atomic E-state index is 12.4. The number of esters is 1. The number of rotatable bonds is 5. The highest BCUT2D eigenvalue weighted by atomic mass is 28.4. The summed E-state index contributed by atoms with van der Waals surface area (Å²) in [7, 11) is -2.12. The topological polar surface area (TPSA) is 35.5 Å². The molecule has 0 radical (unpaired) electrons. The van der Waals surface area contributed by atoms with Gasteiger partial charge in [-0.05, 0) is 26.6 Å².